The first-order valence-electron chi connectivity index (χ1n) is 10.3. The van der Waals surface area contributed by atoms with Gasteiger partial charge in [0.25, 0.3) is 5.91 Å². The van der Waals surface area contributed by atoms with Crippen LogP contribution in [0.15, 0.2) is 24.3 Å². The largest absolute Gasteiger partial charge is 0.459 e. The highest BCUT2D eigenvalue weighted by Gasteiger charge is 2.64. The molecule has 194 valence electrons. The standard InChI is InChI=1S/C21H16ClF8N5O/c1-34-14(9-3-6-12(22)11(7-9)18(36)31-10-4-5-10)8-13(32-34)16-15(20(25,26)27)17(33-35(16)2)19(23,24)21(28,29)30/h3,6-8,10H,4-5H2,1-2H3,(H,31,36). The number of alkyl halides is 8. The third-order valence-corrected chi connectivity index (χ3v) is 5.86. The Balaban J connectivity index is 1.84. The Labute approximate surface area is 202 Å². The van der Waals surface area contributed by atoms with Crippen LogP contribution in [0.5, 0.6) is 0 Å². The van der Waals surface area contributed by atoms with Crippen LogP contribution >= 0.6 is 11.6 Å². The Hall–Kier alpha value is -3.16. The second-order valence-electron chi connectivity index (χ2n) is 8.25. The molecule has 1 aromatic carbocycles. The fraction of sp³-hybridized carbons (Fsp3) is 0.381. The zero-order valence-electron chi connectivity index (χ0n) is 18.4. The third-order valence-electron chi connectivity index (χ3n) is 5.53. The lowest BCUT2D eigenvalue weighted by molar-refractivity contribution is -0.292. The van der Waals surface area contributed by atoms with Gasteiger partial charge in [0.05, 0.1) is 16.3 Å². The number of hydrogen-bond acceptors (Lipinski definition) is 3. The lowest BCUT2D eigenvalue weighted by Crippen LogP contribution is -2.36. The van der Waals surface area contributed by atoms with Gasteiger partial charge in [-0.1, -0.05) is 17.7 Å². The van der Waals surface area contributed by atoms with Gasteiger partial charge in [-0.3, -0.25) is 14.2 Å². The van der Waals surface area contributed by atoms with Gasteiger partial charge in [0, 0.05) is 25.7 Å². The maximum Gasteiger partial charge on any atom is 0.459 e. The molecule has 0 atom stereocenters. The number of nitrogens with one attached hydrogen (secondary N) is 1. The van der Waals surface area contributed by atoms with E-state index >= 15 is 0 Å². The summed E-state index contributed by atoms with van der Waals surface area (Å²) in [6, 6.07) is 5.30. The molecule has 15 heteroatoms. The zero-order chi connectivity index (χ0) is 26.8. The average molecular weight is 542 g/mol. The van der Waals surface area contributed by atoms with Crippen LogP contribution in [0.4, 0.5) is 35.1 Å². The molecule has 2 aromatic heterocycles. The molecule has 0 radical (unpaired) electrons. The summed E-state index contributed by atoms with van der Waals surface area (Å²) in [6.45, 7) is 0. The van der Waals surface area contributed by atoms with Gasteiger partial charge in [-0.15, -0.1) is 0 Å². The first-order valence-corrected chi connectivity index (χ1v) is 10.6. The van der Waals surface area contributed by atoms with Crippen molar-refractivity contribution in [1.82, 2.24) is 24.9 Å². The molecule has 0 bridgehead atoms. The quantitative estimate of drug-likeness (QED) is 0.421. The zero-order valence-corrected chi connectivity index (χ0v) is 19.2. The van der Waals surface area contributed by atoms with Crippen LogP contribution in [0.2, 0.25) is 5.02 Å². The van der Waals surface area contributed by atoms with Gasteiger partial charge in [-0.2, -0.15) is 45.3 Å². The maximum absolute atomic E-state index is 14.0. The Kier molecular flexibility index (Phi) is 6.09. The van der Waals surface area contributed by atoms with Gasteiger partial charge in [0.1, 0.15) is 17.0 Å². The smallest absolute Gasteiger partial charge is 0.349 e. The van der Waals surface area contributed by atoms with Crippen LogP contribution in [-0.4, -0.2) is 37.7 Å². The minimum absolute atomic E-state index is 0.0233. The van der Waals surface area contributed by atoms with Crippen LogP contribution in [0.3, 0.4) is 0 Å². The highest BCUT2D eigenvalue weighted by molar-refractivity contribution is 6.34. The molecule has 36 heavy (non-hydrogen) atoms. The second-order valence-corrected chi connectivity index (χ2v) is 8.65. The van der Waals surface area contributed by atoms with E-state index in [0.29, 0.717) is 0 Å². The molecule has 0 aliphatic heterocycles. The molecule has 1 fully saturated rings. The van der Waals surface area contributed by atoms with Crippen molar-refractivity contribution in [2.75, 3.05) is 0 Å². The lowest BCUT2D eigenvalue weighted by atomic mass is 10.0. The van der Waals surface area contributed by atoms with Crippen LogP contribution < -0.4 is 5.32 Å². The first kappa shape index (κ1) is 25.9. The molecule has 4 rings (SSSR count). The molecule has 1 N–H and O–H groups in total. The molecule has 0 saturated heterocycles. The molecular formula is C21H16ClF8N5O. The first-order chi connectivity index (χ1) is 16.5. The van der Waals surface area contributed by atoms with Crippen molar-refractivity contribution in [3.05, 3.63) is 46.1 Å². The molecule has 2 heterocycles. The van der Waals surface area contributed by atoms with Crippen molar-refractivity contribution in [3.8, 4) is 22.6 Å². The van der Waals surface area contributed by atoms with Crippen LogP contribution in [-0.2, 0) is 26.2 Å². The van der Waals surface area contributed by atoms with E-state index < -0.39 is 46.8 Å². The number of hydrogen-bond donors (Lipinski definition) is 1. The van der Waals surface area contributed by atoms with E-state index in [-0.39, 0.29) is 32.6 Å². The number of aromatic nitrogens is 4. The lowest BCUT2D eigenvalue weighted by Gasteiger charge is -2.19. The number of carbonyl (C=O) groups is 1. The van der Waals surface area contributed by atoms with Gasteiger partial charge < -0.3 is 5.32 Å². The van der Waals surface area contributed by atoms with Gasteiger partial charge in [-0.05, 0) is 31.0 Å². The van der Waals surface area contributed by atoms with Gasteiger partial charge in [-0.25, -0.2) is 0 Å². The summed E-state index contributed by atoms with van der Waals surface area (Å²) in [5.41, 5.74) is -5.84. The summed E-state index contributed by atoms with van der Waals surface area (Å²) in [6.07, 6.45) is -10.3. The Bertz CT molecular complexity index is 1340. The summed E-state index contributed by atoms with van der Waals surface area (Å²) in [7, 11) is 2.13. The van der Waals surface area contributed by atoms with Crippen molar-refractivity contribution >= 4 is 17.5 Å². The summed E-state index contributed by atoms with van der Waals surface area (Å²) in [5, 5.41) is 9.66. The van der Waals surface area contributed by atoms with E-state index in [1.165, 1.54) is 25.2 Å². The van der Waals surface area contributed by atoms with Crippen LogP contribution in [0.25, 0.3) is 22.6 Å². The van der Waals surface area contributed by atoms with E-state index in [1.54, 1.807) is 0 Å². The molecule has 1 saturated carbocycles. The Morgan fingerprint density at radius 3 is 2.19 bits per heavy atom. The van der Waals surface area contributed by atoms with Crippen molar-refractivity contribution in [3.63, 3.8) is 0 Å². The van der Waals surface area contributed by atoms with Crippen molar-refractivity contribution < 1.29 is 39.9 Å². The van der Waals surface area contributed by atoms with E-state index in [0.717, 1.165) is 30.6 Å². The summed E-state index contributed by atoms with van der Waals surface area (Å²) in [4.78, 5) is 12.5. The monoisotopic (exact) mass is 541 g/mol. The predicted octanol–water partition coefficient (Wildman–Crippen LogP) is 5.71. The fourth-order valence-electron chi connectivity index (χ4n) is 3.64. The summed E-state index contributed by atoms with van der Waals surface area (Å²) >= 11 is 6.11. The highest BCUT2D eigenvalue weighted by Crippen LogP contribution is 2.50. The molecule has 0 unspecified atom stereocenters. The predicted molar refractivity (Wildman–Crippen MR) is 111 cm³/mol. The van der Waals surface area contributed by atoms with Crippen LogP contribution in [0.1, 0.15) is 34.5 Å². The van der Waals surface area contributed by atoms with Crippen LogP contribution in [0, 0.1) is 0 Å². The molecular weight excluding hydrogens is 526 g/mol. The number of nitrogens with zero attached hydrogens (tertiary/aromatic N) is 4. The maximum atomic E-state index is 14.0. The molecule has 0 spiro atoms. The molecule has 1 aliphatic carbocycles. The molecule has 1 amide bonds. The third kappa shape index (κ3) is 4.53. The molecule has 6 nitrogen and oxygen atoms in total. The average Bonchev–Trinajstić information content (AvgIpc) is 3.36. The van der Waals surface area contributed by atoms with E-state index in [4.69, 9.17) is 11.6 Å². The topological polar surface area (TPSA) is 64.7 Å². The Morgan fingerprint density at radius 1 is 1.00 bits per heavy atom. The summed E-state index contributed by atoms with van der Waals surface area (Å²) < 4.78 is 109. The van der Waals surface area contributed by atoms with E-state index in [1.807, 2.05) is 0 Å². The number of benzene rings is 1. The van der Waals surface area contributed by atoms with E-state index in [9.17, 15) is 39.9 Å². The fourth-order valence-corrected chi connectivity index (χ4v) is 3.85. The van der Waals surface area contributed by atoms with E-state index in [2.05, 4.69) is 15.5 Å². The number of aryl methyl sites for hydroxylation is 2. The van der Waals surface area contributed by atoms with Crippen molar-refractivity contribution in [1.29, 1.82) is 0 Å². The van der Waals surface area contributed by atoms with Gasteiger partial charge in [0.2, 0.25) is 0 Å². The summed E-state index contributed by atoms with van der Waals surface area (Å²) in [5.74, 6) is -6.33. The SMILES string of the molecule is Cn1nc(-c2c(C(F)(F)F)c(C(F)(F)C(F)(F)F)nn2C)cc1-c1ccc(Cl)c(C(=O)NC2CC2)c1. The second kappa shape index (κ2) is 8.46. The van der Waals surface area contributed by atoms with Crippen molar-refractivity contribution in [2.24, 2.45) is 14.1 Å². The minimum Gasteiger partial charge on any atom is -0.349 e. The number of amides is 1. The van der Waals surface area contributed by atoms with Gasteiger partial charge in [0.15, 0.2) is 5.69 Å². The molecule has 1 aliphatic rings. The minimum atomic E-state index is -6.31. The Morgan fingerprint density at radius 2 is 1.64 bits per heavy atom. The van der Waals surface area contributed by atoms with Gasteiger partial charge >= 0.3 is 18.3 Å². The number of halogens is 9. The number of rotatable bonds is 5. The normalized spacial score (nSPS) is 14.9. The highest BCUT2D eigenvalue weighted by atomic mass is 35.5. The number of carbonyl (C=O) groups excluding carboxylic acids is 1. The van der Waals surface area contributed by atoms with Crippen molar-refractivity contribution in [2.45, 2.75) is 37.2 Å². The molecule has 3 aromatic rings.